The Kier molecular flexibility index (Phi) is 7.14. The highest BCUT2D eigenvalue weighted by molar-refractivity contribution is 4.78. The van der Waals surface area contributed by atoms with Crippen LogP contribution in [0.4, 0.5) is 0 Å². The molecule has 15 heavy (non-hydrogen) atoms. The second kappa shape index (κ2) is 7.20. The van der Waals surface area contributed by atoms with Gasteiger partial charge in [0.2, 0.25) is 0 Å². The van der Waals surface area contributed by atoms with Crippen LogP contribution in [-0.4, -0.2) is 41.3 Å². The Morgan fingerprint density at radius 2 is 1.93 bits per heavy atom. The largest absolute Gasteiger partial charge is 0.389 e. The first-order valence-corrected chi connectivity index (χ1v) is 6.15. The van der Waals surface area contributed by atoms with Gasteiger partial charge in [0.1, 0.15) is 0 Å². The number of rotatable bonds is 8. The van der Waals surface area contributed by atoms with E-state index in [9.17, 15) is 5.11 Å². The molecule has 0 aliphatic heterocycles. The first kappa shape index (κ1) is 14.9. The van der Waals surface area contributed by atoms with Gasteiger partial charge in [-0.25, -0.2) is 0 Å². The molecule has 92 valence electrons. The molecule has 0 aromatic rings. The first-order chi connectivity index (χ1) is 6.99. The molecule has 0 saturated heterocycles. The van der Waals surface area contributed by atoms with Crippen LogP contribution in [0.3, 0.4) is 0 Å². The lowest BCUT2D eigenvalue weighted by Crippen LogP contribution is -2.38. The third-order valence-electron chi connectivity index (χ3n) is 3.26. The zero-order valence-electron chi connectivity index (χ0n) is 10.8. The van der Waals surface area contributed by atoms with Crippen molar-refractivity contribution in [1.29, 1.82) is 0 Å². The van der Waals surface area contributed by atoms with Crippen molar-refractivity contribution < 1.29 is 5.11 Å². The highest BCUT2D eigenvalue weighted by Gasteiger charge is 2.22. The molecular weight excluding hydrogens is 188 g/mol. The second-order valence-electron chi connectivity index (χ2n) is 4.61. The van der Waals surface area contributed by atoms with Crippen molar-refractivity contribution in [3.63, 3.8) is 0 Å². The molecule has 0 saturated carbocycles. The van der Waals surface area contributed by atoms with Crippen molar-refractivity contribution in [2.24, 2.45) is 5.73 Å². The maximum atomic E-state index is 10.0. The lowest BCUT2D eigenvalue weighted by molar-refractivity contribution is 0.0308. The molecule has 1 atom stereocenters. The molecule has 0 radical (unpaired) electrons. The van der Waals surface area contributed by atoms with Gasteiger partial charge in [-0.1, -0.05) is 13.8 Å². The molecule has 0 aliphatic carbocycles. The Hall–Kier alpha value is -0.120. The SMILES string of the molecule is CCN(CCCC(O)(CC)CN)C(C)C. The predicted molar refractivity (Wildman–Crippen MR) is 65.9 cm³/mol. The minimum atomic E-state index is -0.642. The van der Waals surface area contributed by atoms with Gasteiger partial charge in [-0.05, 0) is 46.2 Å². The van der Waals surface area contributed by atoms with Gasteiger partial charge in [-0.2, -0.15) is 0 Å². The second-order valence-corrected chi connectivity index (χ2v) is 4.61. The Bertz CT molecular complexity index is 156. The van der Waals surface area contributed by atoms with Gasteiger partial charge in [-0.3, -0.25) is 0 Å². The summed E-state index contributed by atoms with van der Waals surface area (Å²) in [5.41, 5.74) is 4.92. The standard InChI is InChI=1S/C12H28N2O/c1-5-12(15,10-13)8-7-9-14(6-2)11(3)4/h11,15H,5-10,13H2,1-4H3. The number of hydrogen-bond acceptors (Lipinski definition) is 3. The minimum absolute atomic E-state index is 0.372. The fourth-order valence-electron chi connectivity index (χ4n) is 1.82. The van der Waals surface area contributed by atoms with E-state index in [0.717, 1.165) is 32.4 Å². The smallest absolute Gasteiger partial charge is 0.0767 e. The van der Waals surface area contributed by atoms with Gasteiger partial charge in [-0.15, -0.1) is 0 Å². The number of aliphatic hydroxyl groups is 1. The van der Waals surface area contributed by atoms with Crippen LogP contribution in [0.2, 0.25) is 0 Å². The average molecular weight is 216 g/mol. The fourth-order valence-corrected chi connectivity index (χ4v) is 1.82. The zero-order chi connectivity index (χ0) is 11.9. The van der Waals surface area contributed by atoms with E-state index in [2.05, 4.69) is 25.7 Å². The summed E-state index contributed by atoms with van der Waals surface area (Å²) in [7, 11) is 0. The summed E-state index contributed by atoms with van der Waals surface area (Å²) in [6.07, 6.45) is 2.58. The number of hydrogen-bond donors (Lipinski definition) is 2. The minimum Gasteiger partial charge on any atom is -0.389 e. The molecule has 0 bridgehead atoms. The Labute approximate surface area is 94.6 Å². The summed E-state index contributed by atoms with van der Waals surface area (Å²) < 4.78 is 0. The number of nitrogens with zero attached hydrogens (tertiary/aromatic N) is 1. The van der Waals surface area contributed by atoms with Gasteiger partial charge in [0.25, 0.3) is 0 Å². The van der Waals surface area contributed by atoms with Crippen LogP contribution < -0.4 is 5.73 Å². The van der Waals surface area contributed by atoms with E-state index in [4.69, 9.17) is 5.73 Å². The highest BCUT2D eigenvalue weighted by atomic mass is 16.3. The molecule has 0 spiro atoms. The quantitative estimate of drug-likeness (QED) is 0.648. The summed E-state index contributed by atoms with van der Waals surface area (Å²) >= 11 is 0. The first-order valence-electron chi connectivity index (χ1n) is 6.15. The molecule has 0 fully saturated rings. The van der Waals surface area contributed by atoms with Crippen molar-refractivity contribution in [3.8, 4) is 0 Å². The van der Waals surface area contributed by atoms with Gasteiger partial charge in [0.05, 0.1) is 5.60 Å². The molecule has 0 amide bonds. The van der Waals surface area contributed by atoms with E-state index >= 15 is 0 Å². The zero-order valence-corrected chi connectivity index (χ0v) is 10.8. The third-order valence-corrected chi connectivity index (χ3v) is 3.26. The molecule has 0 aromatic carbocycles. The third kappa shape index (κ3) is 5.50. The molecule has 0 heterocycles. The van der Waals surface area contributed by atoms with Crippen molar-refractivity contribution in [2.75, 3.05) is 19.6 Å². The maximum absolute atomic E-state index is 10.0. The van der Waals surface area contributed by atoms with Crippen LogP contribution in [0, 0.1) is 0 Å². The molecule has 0 rings (SSSR count). The van der Waals surface area contributed by atoms with Crippen LogP contribution in [0.15, 0.2) is 0 Å². The van der Waals surface area contributed by atoms with E-state index in [1.165, 1.54) is 0 Å². The molecular formula is C12H28N2O. The van der Waals surface area contributed by atoms with Crippen molar-refractivity contribution >= 4 is 0 Å². The van der Waals surface area contributed by atoms with E-state index in [-0.39, 0.29) is 0 Å². The highest BCUT2D eigenvalue weighted by Crippen LogP contribution is 2.16. The fraction of sp³-hybridized carbons (Fsp3) is 1.00. The van der Waals surface area contributed by atoms with Crippen molar-refractivity contribution in [2.45, 2.75) is 58.6 Å². The Morgan fingerprint density at radius 3 is 2.27 bits per heavy atom. The lowest BCUT2D eigenvalue weighted by Gasteiger charge is -2.28. The summed E-state index contributed by atoms with van der Waals surface area (Å²) in [6, 6.07) is 0.586. The molecule has 1 unspecified atom stereocenters. The lowest BCUT2D eigenvalue weighted by atomic mass is 9.94. The van der Waals surface area contributed by atoms with E-state index in [1.807, 2.05) is 6.92 Å². The van der Waals surface area contributed by atoms with Crippen LogP contribution in [0.1, 0.15) is 47.0 Å². The predicted octanol–water partition coefficient (Wildman–Crippen LogP) is 1.60. The van der Waals surface area contributed by atoms with Crippen LogP contribution >= 0.6 is 0 Å². The Morgan fingerprint density at radius 1 is 1.33 bits per heavy atom. The molecule has 0 aliphatic rings. The van der Waals surface area contributed by atoms with Gasteiger partial charge in [0.15, 0.2) is 0 Å². The van der Waals surface area contributed by atoms with E-state index in [1.54, 1.807) is 0 Å². The summed E-state index contributed by atoms with van der Waals surface area (Å²) in [5, 5.41) is 10.0. The maximum Gasteiger partial charge on any atom is 0.0767 e. The normalized spacial score (nSPS) is 16.0. The molecule has 3 heteroatoms. The van der Waals surface area contributed by atoms with Crippen LogP contribution in [0.25, 0.3) is 0 Å². The number of nitrogens with two attached hydrogens (primary N) is 1. The monoisotopic (exact) mass is 216 g/mol. The van der Waals surface area contributed by atoms with E-state index in [0.29, 0.717) is 12.6 Å². The van der Waals surface area contributed by atoms with Gasteiger partial charge in [0, 0.05) is 12.6 Å². The molecule has 3 nitrogen and oxygen atoms in total. The Balaban J connectivity index is 3.85. The van der Waals surface area contributed by atoms with Crippen molar-refractivity contribution in [3.05, 3.63) is 0 Å². The summed E-state index contributed by atoms with van der Waals surface area (Å²) in [5.74, 6) is 0. The van der Waals surface area contributed by atoms with Gasteiger partial charge < -0.3 is 15.7 Å². The van der Waals surface area contributed by atoms with Crippen LogP contribution in [0.5, 0.6) is 0 Å². The van der Waals surface area contributed by atoms with Crippen LogP contribution in [-0.2, 0) is 0 Å². The summed E-state index contributed by atoms with van der Waals surface area (Å²) in [4.78, 5) is 2.41. The van der Waals surface area contributed by atoms with Crippen molar-refractivity contribution in [1.82, 2.24) is 4.90 Å². The van der Waals surface area contributed by atoms with Gasteiger partial charge >= 0.3 is 0 Å². The molecule has 3 N–H and O–H groups in total. The summed E-state index contributed by atoms with van der Waals surface area (Å²) in [6.45, 7) is 11.1. The topological polar surface area (TPSA) is 49.5 Å². The van der Waals surface area contributed by atoms with E-state index < -0.39 is 5.60 Å². The average Bonchev–Trinajstić information content (AvgIpc) is 2.23. The molecule has 0 aromatic heterocycles.